The minimum atomic E-state index is 0.222. The van der Waals surface area contributed by atoms with Crippen molar-refractivity contribution in [2.45, 2.75) is 52.0 Å². The summed E-state index contributed by atoms with van der Waals surface area (Å²) in [6.07, 6.45) is 5.37. The third kappa shape index (κ3) is 5.45. The van der Waals surface area contributed by atoms with Gasteiger partial charge in [-0.25, -0.2) is 0 Å². The van der Waals surface area contributed by atoms with Crippen LogP contribution in [0.15, 0.2) is 30.3 Å². The number of aryl methyl sites for hydroxylation is 1. The predicted molar refractivity (Wildman–Crippen MR) is 91.8 cm³/mol. The van der Waals surface area contributed by atoms with Gasteiger partial charge in [0.05, 0.1) is 0 Å². The summed E-state index contributed by atoms with van der Waals surface area (Å²) in [4.78, 5) is 14.7. The Bertz CT molecular complexity index is 438. The molecule has 3 heteroatoms. The minimum Gasteiger partial charge on any atom is -0.353 e. The summed E-state index contributed by atoms with van der Waals surface area (Å²) in [5.41, 5.74) is 1.42. The molecule has 0 bridgehead atoms. The summed E-state index contributed by atoms with van der Waals surface area (Å²) in [6, 6.07) is 11.0. The summed E-state index contributed by atoms with van der Waals surface area (Å²) in [5, 5.41) is 3.12. The monoisotopic (exact) mass is 302 g/mol. The maximum absolute atomic E-state index is 12.1. The average molecular weight is 302 g/mol. The SMILES string of the molecule is CC[C@H](C)NC(=O)C1CCN(CCCc2ccccc2)CC1. The Balaban J connectivity index is 1.64. The fourth-order valence-electron chi connectivity index (χ4n) is 3.03. The normalized spacial score (nSPS) is 18.1. The van der Waals surface area contributed by atoms with E-state index < -0.39 is 0 Å². The molecule has 1 aliphatic rings. The number of hydrogen-bond acceptors (Lipinski definition) is 2. The maximum atomic E-state index is 12.1. The lowest BCUT2D eigenvalue weighted by Gasteiger charge is -2.31. The van der Waals surface area contributed by atoms with Gasteiger partial charge in [-0.05, 0) is 64.2 Å². The Morgan fingerprint density at radius 1 is 1.27 bits per heavy atom. The van der Waals surface area contributed by atoms with E-state index in [1.54, 1.807) is 0 Å². The second kappa shape index (κ2) is 8.94. The standard InChI is InChI=1S/C19H30N2O/c1-3-16(2)20-19(22)18-11-14-21(15-12-18)13-7-10-17-8-5-4-6-9-17/h4-6,8-9,16,18H,3,7,10-15H2,1-2H3,(H,20,22)/t16-/m0/s1. The van der Waals surface area contributed by atoms with Crippen molar-refractivity contribution in [3.63, 3.8) is 0 Å². The first-order chi connectivity index (χ1) is 10.7. The van der Waals surface area contributed by atoms with Crippen molar-refractivity contribution in [3.8, 4) is 0 Å². The zero-order valence-electron chi connectivity index (χ0n) is 14.1. The van der Waals surface area contributed by atoms with E-state index in [1.165, 1.54) is 12.0 Å². The number of hydrogen-bond donors (Lipinski definition) is 1. The Morgan fingerprint density at radius 3 is 2.59 bits per heavy atom. The first-order valence-corrected chi connectivity index (χ1v) is 8.75. The molecule has 122 valence electrons. The number of carbonyl (C=O) groups excluding carboxylic acids is 1. The van der Waals surface area contributed by atoms with Crippen molar-refractivity contribution in [1.82, 2.24) is 10.2 Å². The summed E-state index contributed by atoms with van der Waals surface area (Å²) < 4.78 is 0. The zero-order valence-corrected chi connectivity index (χ0v) is 14.1. The summed E-state index contributed by atoms with van der Waals surface area (Å²) in [7, 11) is 0. The quantitative estimate of drug-likeness (QED) is 0.838. The van der Waals surface area contributed by atoms with Gasteiger partial charge >= 0.3 is 0 Å². The molecule has 3 nitrogen and oxygen atoms in total. The highest BCUT2D eigenvalue weighted by Gasteiger charge is 2.25. The second-order valence-electron chi connectivity index (χ2n) is 6.52. The third-order valence-electron chi connectivity index (χ3n) is 4.74. The van der Waals surface area contributed by atoms with Gasteiger partial charge in [0.25, 0.3) is 0 Å². The largest absolute Gasteiger partial charge is 0.353 e. The van der Waals surface area contributed by atoms with Gasteiger partial charge in [0.1, 0.15) is 0 Å². The number of piperidine rings is 1. The van der Waals surface area contributed by atoms with Gasteiger partial charge in [0.2, 0.25) is 5.91 Å². The highest BCUT2D eigenvalue weighted by atomic mass is 16.1. The number of likely N-dealkylation sites (tertiary alicyclic amines) is 1. The van der Waals surface area contributed by atoms with Crippen LogP contribution >= 0.6 is 0 Å². The lowest BCUT2D eigenvalue weighted by molar-refractivity contribution is -0.127. The third-order valence-corrected chi connectivity index (χ3v) is 4.74. The molecule has 1 fully saturated rings. The van der Waals surface area contributed by atoms with Crippen LogP contribution in [0, 0.1) is 5.92 Å². The topological polar surface area (TPSA) is 32.3 Å². The molecule has 1 aromatic carbocycles. The average Bonchev–Trinajstić information content (AvgIpc) is 2.56. The molecule has 1 aliphatic heterocycles. The number of amides is 1. The molecule has 22 heavy (non-hydrogen) atoms. The molecule has 0 aromatic heterocycles. The number of carbonyl (C=O) groups is 1. The molecule has 1 heterocycles. The fraction of sp³-hybridized carbons (Fsp3) is 0.632. The van der Waals surface area contributed by atoms with Gasteiger partial charge in [-0.3, -0.25) is 4.79 Å². The van der Waals surface area contributed by atoms with Gasteiger partial charge in [-0.1, -0.05) is 37.3 Å². The first kappa shape index (κ1) is 17.0. The van der Waals surface area contributed by atoms with Crippen LogP contribution in [0.25, 0.3) is 0 Å². The zero-order chi connectivity index (χ0) is 15.8. The molecule has 1 atom stereocenters. The van der Waals surface area contributed by atoms with Crippen LogP contribution < -0.4 is 5.32 Å². The smallest absolute Gasteiger partial charge is 0.223 e. The van der Waals surface area contributed by atoms with Gasteiger partial charge in [0, 0.05) is 12.0 Å². The second-order valence-corrected chi connectivity index (χ2v) is 6.52. The Labute approximate surface area is 135 Å². The number of rotatable bonds is 7. The van der Waals surface area contributed by atoms with Crippen LogP contribution in [0.5, 0.6) is 0 Å². The minimum absolute atomic E-state index is 0.222. The highest BCUT2D eigenvalue weighted by Crippen LogP contribution is 2.18. The lowest BCUT2D eigenvalue weighted by atomic mass is 9.95. The molecular formula is C19H30N2O. The molecular weight excluding hydrogens is 272 g/mol. The Morgan fingerprint density at radius 2 is 1.95 bits per heavy atom. The predicted octanol–water partition coefficient (Wildman–Crippen LogP) is 3.25. The van der Waals surface area contributed by atoms with Crippen LogP contribution in [0.3, 0.4) is 0 Å². The molecule has 0 unspecified atom stereocenters. The maximum Gasteiger partial charge on any atom is 0.223 e. The molecule has 0 spiro atoms. The Hall–Kier alpha value is -1.35. The molecule has 1 N–H and O–H groups in total. The van der Waals surface area contributed by atoms with E-state index in [9.17, 15) is 4.79 Å². The molecule has 0 radical (unpaired) electrons. The Kier molecular flexibility index (Phi) is 6.91. The van der Waals surface area contributed by atoms with Crippen molar-refractivity contribution >= 4 is 5.91 Å². The van der Waals surface area contributed by atoms with Crippen LogP contribution in [-0.2, 0) is 11.2 Å². The van der Waals surface area contributed by atoms with E-state index >= 15 is 0 Å². The summed E-state index contributed by atoms with van der Waals surface area (Å²) in [5.74, 6) is 0.484. The van der Waals surface area contributed by atoms with E-state index in [0.29, 0.717) is 6.04 Å². The summed E-state index contributed by atoms with van der Waals surface area (Å²) in [6.45, 7) is 7.46. The van der Waals surface area contributed by atoms with E-state index in [2.05, 4.69) is 54.4 Å². The number of benzene rings is 1. The summed E-state index contributed by atoms with van der Waals surface area (Å²) >= 11 is 0. The molecule has 0 saturated carbocycles. The lowest BCUT2D eigenvalue weighted by Crippen LogP contribution is -2.43. The van der Waals surface area contributed by atoms with Gasteiger partial charge < -0.3 is 10.2 Å². The van der Waals surface area contributed by atoms with E-state index in [1.807, 2.05) is 0 Å². The molecule has 1 aromatic rings. The highest BCUT2D eigenvalue weighted by molar-refractivity contribution is 5.79. The van der Waals surface area contributed by atoms with Gasteiger partial charge in [-0.2, -0.15) is 0 Å². The van der Waals surface area contributed by atoms with Crippen LogP contribution in [0.4, 0.5) is 0 Å². The van der Waals surface area contributed by atoms with Crippen LogP contribution in [0.2, 0.25) is 0 Å². The molecule has 0 aliphatic carbocycles. The van der Waals surface area contributed by atoms with Crippen molar-refractivity contribution in [1.29, 1.82) is 0 Å². The van der Waals surface area contributed by atoms with Crippen LogP contribution in [0.1, 0.15) is 45.1 Å². The fourth-order valence-corrected chi connectivity index (χ4v) is 3.03. The van der Waals surface area contributed by atoms with Gasteiger partial charge in [0.15, 0.2) is 0 Å². The molecule has 1 amide bonds. The molecule has 1 saturated heterocycles. The van der Waals surface area contributed by atoms with E-state index in [-0.39, 0.29) is 11.8 Å². The van der Waals surface area contributed by atoms with Crippen molar-refractivity contribution < 1.29 is 4.79 Å². The molecule has 2 rings (SSSR count). The van der Waals surface area contributed by atoms with E-state index in [0.717, 1.165) is 45.3 Å². The van der Waals surface area contributed by atoms with E-state index in [4.69, 9.17) is 0 Å². The van der Waals surface area contributed by atoms with Crippen molar-refractivity contribution in [2.75, 3.05) is 19.6 Å². The first-order valence-electron chi connectivity index (χ1n) is 8.75. The van der Waals surface area contributed by atoms with Crippen molar-refractivity contribution in [2.24, 2.45) is 5.92 Å². The van der Waals surface area contributed by atoms with Gasteiger partial charge in [-0.15, -0.1) is 0 Å². The van der Waals surface area contributed by atoms with Crippen molar-refractivity contribution in [3.05, 3.63) is 35.9 Å². The number of nitrogens with one attached hydrogen (secondary N) is 1. The van der Waals surface area contributed by atoms with Crippen LogP contribution in [-0.4, -0.2) is 36.5 Å². The number of nitrogens with zero attached hydrogens (tertiary/aromatic N) is 1.